The van der Waals surface area contributed by atoms with Gasteiger partial charge >= 0.3 is 6.09 Å². The fourth-order valence-corrected chi connectivity index (χ4v) is 5.00. The number of ether oxygens (including phenoxy) is 1. The van der Waals surface area contributed by atoms with Gasteiger partial charge < -0.3 is 26.0 Å². The highest BCUT2D eigenvalue weighted by Crippen LogP contribution is 2.43. The molecular formula is C31H40N4O5. The number of alkyl carbamates (subject to hydrolysis) is 1. The molecule has 1 atom stereocenters. The first-order chi connectivity index (χ1) is 19.2. The van der Waals surface area contributed by atoms with Gasteiger partial charge in [0.15, 0.2) is 0 Å². The van der Waals surface area contributed by atoms with Crippen molar-refractivity contribution in [2.24, 2.45) is 5.73 Å². The summed E-state index contributed by atoms with van der Waals surface area (Å²) in [7, 11) is 1.19. The lowest BCUT2D eigenvalue weighted by Crippen LogP contribution is -2.44. The number of nitrogens with zero attached hydrogens (tertiary/aromatic N) is 1. The molecular weight excluding hydrogens is 508 g/mol. The molecule has 1 fully saturated rings. The molecule has 40 heavy (non-hydrogen) atoms. The monoisotopic (exact) mass is 548 g/mol. The minimum atomic E-state index is -0.981. The molecule has 2 aromatic rings. The number of nitrogens with one attached hydrogen (secondary N) is 2. The highest BCUT2D eigenvalue weighted by molar-refractivity contribution is 5.97. The molecule has 4 N–H and O–H groups in total. The van der Waals surface area contributed by atoms with Gasteiger partial charge in [0.05, 0.1) is 13.5 Å². The van der Waals surface area contributed by atoms with Crippen LogP contribution in [-0.2, 0) is 31.0 Å². The summed E-state index contributed by atoms with van der Waals surface area (Å²) in [6.07, 6.45) is 7.03. The molecule has 9 nitrogen and oxygen atoms in total. The molecule has 0 saturated carbocycles. The van der Waals surface area contributed by atoms with Crippen molar-refractivity contribution >= 4 is 35.6 Å². The lowest BCUT2D eigenvalue weighted by atomic mass is 9.74. The quantitative estimate of drug-likeness (QED) is 0.456. The number of nitrogens with two attached hydrogens (primary N) is 1. The molecule has 1 heterocycles. The van der Waals surface area contributed by atoms with E-state index in [1.807, 2.05) is 4.90 Å². The minimum absolute atomic E-state index is 0.0330. The largest absolute Gasteiger partial charge is 0.453 e. The Morgan fingerprint density at radius 1 is 1.02 bits per heavy atom. The molecule has 1 spiro atoms. The van der Waals surface area contributed by atoms with E-state index in [0.717, 1.165) is 18.4 Å². The van der Waals surface area contributed by atoms with Crippen LogP contribution in [0.15, 0.2) is 54.6 Å². The summed E-state index contributed by atoms with van der Waals surface area (Å²) in [6, 6.07) is 14.5. The highest BCUT2D eigenvalue weighted by Gasteiger charge is 2.38. The summed E-state index contributed by atoms with van der Waals surface area (Å²) in [5, 5.41) is 5.12. The smallest absolute Gasteiger partial charge is 0.407 e. The Labute approximate surface area is 236 Å². The average molecular weight is 549 g/mol. The van der Waals surface area contributed by atoms with Crippen LogP contribution < -0.4 is 16.4 Å². The third-order valence-electron chi connectivity index (χ3n) is 7.14. The van der Waals surface area contributed by atoms with Crippen LogP contribution in [0.5, 0.6) is 0 Å². The maximum absolute atomic E-state index is 13.0. The second-order valence-corrected chi connectivity index (χ2v) is 10.2. The second kappa shape index (κ2) is 14.3. The van der Waals surface area contributed by atoms with Gasteiger partial charge in [-0.1, -0.05) is 68.8 Å². The van der Waals surface area contributed by atoms with Crippen LogP contribution >= 0.6 is 0 Å². The van der Waals surface area contributed by atoms with Gasteiger partial charge in [-0.3, -0.25) is 14.4 Å². The van der Waals surface area contributed by atoms with E-state index >= 15 is 0 Å². The number of likely N-dealkylation sites (tertiary alicyclic amines) is 1. The predicted molar refractivity (Wildman–Crippen MR) is 155 cm³/mol. The Bertz CT molecular complexity index is 1220. The third kappa shape index (κ3) is 7.94. The zero-order chi connectivity index (χ0) is 29.1. The third-order valence-corrected chi connectivity index (χ3v) is 7.14. The molecule has 9 heteroatoms. The van der Waals surface area contributed by atoms with E-state index in [9.17, 15) is 19.2 Å². The number of benzene rings is 2. The van der Waals surface area contributed by atoms with Gasteiger partial charge in [0.2, 0.25) is 17.7 Å². The van der Waals surface area contributed by atoms with Crippen molar-refractivity contribution in [1.29, 1.82) is 0 Å². The molecule has 1 aliphatic heterocycles. The zero-order valence-corrected chi connectivity index (χ0v) is 23.6. The van der Waals surface area contributed by atoms with Gasteiger partial charge in [-0.15, -0.1) is 0 Å². The fraction of sp³-hybridized carbons (Fsp3) is 0.419. The molecule has 2 aromatic carbocycles. The summed E-state index contributed by atoms with van der Waals surface area (Å²) in [6.45, 7) is 5.68. The van der Waals surface area contributed by atoms with Crippen LogP contribution in [0.2, 0.25) is 0 Å². The normalized spacial score (nSPS) is 15.3. The molecule has 0 bridgehead atoms. The highest BCUT2D eigenvalue weighted by atomic mass is 16.5. The maximum Gasteiger partial charge on any atom is 0.407 e. The topological polar surface area (TPSA) is 131 Å². The summed E-state index contributed by atoms with van der Waals surface area (Å²) in [4.78, 5) is 50.2. The molecule has 4 rings (SSSR count). The van der Waals surface area contributed by atoms with Crippen molar-refractivity contribution < 1.29 is 23.9 Å². The number of primary amides is 1. The molecule has 0 aromatic heterocycles. The molecule has 1 aliphatic carbocycles. The molecule has 4 amide bonds. The Morgan fingerprint density at radius 2 is 1.68 bits per heavy atom. The van der Waals surface area contributed by atoms with Crippen LogP contribution in [0.4, 0.5) is 10.5 Å². The summed E-state index contributed by atoms with van der Waals surface area (Å²) in [5.74, 6) is -0.997. The first kappa shape index (κ1) is 30.4. The number of hydrogen-bond donors (Lipinski definition) is 3. The number of fused-ring (bicyclic) bond motifs is 2. The Kier molecular flexibility index (Phi) is 10.9. The first-order valence-corrected chi connectivity index (χ1v) is 13.8. The van der Waals surface area contributed by atoms with Gasteiger partial charge in [-0.25, -0.2) is 4.79 Å². The van der Waals surface area contributed by atoms with Crippen molar-refractivity contribution in [2.75, 3.05) is 25.5 Å². The average Bonchev–Trinajstić information content (AvgIpc) is 3.30. The number of carbonyl (C=O) groups is 4. The Balaban J connectivity index is 0.00000141. The molecule has 214 valence electrons. The van der Waals surface area contributed by atoms with Crippen molar-refractivity contribution in [3.63, 3.8) is 0 Å². The fourth-order valence-electron chi connectivity index (χ4n) is 5.00. The van der Waals surface area contributed by atoms with Crippen molar-refractivity contribution in [3.05, 3.63) is 71.3 Å². The van der Waals surface area contributed by atoms with Gasteiger partial charge in [0.25, 0.3) is 0 Å². The van der Waals surface area contributed by atoms with Gasteiger partial charge in [0.1, 0.15) is 6.04 Å². The van der Waals surface area contributed by atoms with Crippen LogP contribution in [0.3, 0.4) is 0 Å². The van der Waals surface area contributed by atoms with Crippen LogP contribution in [-0.4, -0.2) is 55.0 Å². The first-order valence-electron chi connectivity index (χ1n) is 13.8. The van der Waals surface area contributed by atoms with Crippen molar-refractivity contribution in [1.82, 2.24) is 10.2 Å². The molecule has 1 saturated heterocycles. The number of piperidine rings is 1. The van der Waals surface area contributed by atoms with Crippen molar-refractivity contribution in [3.8, 4) is 0 Å². The summed E-state index contributed by atoms with van der Waals surface area (Å²) < 4.78 is 4.55. The van der Waals surface area contributed by atoms with E-state index in [1.165, 1.54) is 24.7 Å². The number of methoxy groups -OCH3 is 1. The zero-order valence-electron chi connectivity index (χ0n) is 23.6. The lowest BCUT2D eigenvalue weighted by Gasteiger charge is -2.39. The number of anilines is 1. The van der Waals surface area contributed by atoms with E-state index in [0.29, 0.717) is 18.8 Å². The van der Waals surface area contributed by atoms with E-state index in [4.69, 9.17) is 5.73 Å². The molecule has 2 aliphatic rings. The van der Waals surface area contributed by atoms with E-state index in [1.54, 1.807) is 24.3 Å². The summed E-state index contributed by atoms with van der Waals surface area (Å²) >= 11 is 0. The van der Waals surface area contributed by atoms with Gasteiger partial charge in [-0.05, 0) is 48.1 Å². The Hall–Kier alpha value is -4.14. The van der Waals surface area contributed by atoms with Crippen LogP contribution in [0, 0.1) is 0 Å². The predicted octanol–water partition coefficient (Wildman–Crippen LogP) is 4.16. The van der Waals surface area contributed by atoms with E-state index in [2.05, 4.69) is 65.6 Å². The number of hydrogen-bond acceptors (Lipinski definition) is 5. The lowest BCUT2D eigenvalue weighted by molar-refractivity contribution is -0.131. The van der Waals surface area contributed by atoms with Crippen LogP contribution in [0.25, 0.3) is 6.08 Å². The van der Waals surface area contributed by atoms with Crippen LogP contribution in [0.1, 0.15) is 62.6 Å². The number of rotatable bonds is 8. The SMILES string of the molecule is CCC.COC(=O)N[C@@H](CCC(N)=O)C(=O)Nc1ccc(CC(=O)N2CCC3(C=Cc4ccccc43)CC2)cc1. The number of carbonyl (C=O) groups excluding carboxylic acids is 4. The minimum Gasteiger partial charge on any atom is -0.453 e. The standard InChI is InChI=1S/C28H32N4O5.C3H8/c1-37-27(36)31-23(10-11-24(29)33)26(35)30-21-8-6-19(7-9-21)18-25(34)32-16-14-28(15-17-32)13-12-20-4-2-3-5-22(20)28;1-3-2/h2-9,12-13,23H,10-11,14-18H2,1H3,(H2,29,33)(H,30,35)(H,31,36);3H2,1-2H3/t23-;/m0./s1. The Morgan fingerprint density at radius 3 is 2.30 bits per heavy atom. The maximum atomic E-state index is 13.0. The number of amides is 4. The van der Waals surface area contributed by atoms with Gasteiger partial charge in [0, 0.05) is 30.6 Å². The second-order valence-electron chi connectivity index (χ2n) is 10.2. The van der Waals surface area contributed by atoms with E-state index < -0.39 is 23.9 Å². The summed E-state index contributed by atoms with van der Waals surface area (Å²) in [5.41, 5.74) is 9.18. The van der Waals surface area contributed by atoms with Crippen molar-refractivity contribution in [2.45, 2.75) is 63.8 Å². The van der Waals surface area contributed by atoms with E-state index in [-0.39, 0.29) is 30.6 Å². The molecule has 0 unspecified atom stereocenters. The number of allylic oxidation sites excluding steroid dienone is 1. The van der Waals surface area contributed by atoms with Gasteiger partial charge in [-0.2, -0.15) is 0 Å². The molecule has 0 radical (unpaired) electrons.